The van der Waals surface area contributed by atoms with E-state index < -0.39 is 0 Å². The number of nitrogens with zero attached hydrogens (tertiary/aromatic N) is 1. The van der Waals surface area contributed by atoms with Crippen molar-refractivity contribution >= 4 is 11.6 Å². The summed E-state index contributed by atoms with van der Waals surface area (Å²) in [4.78, 5) is 23.7. The smallest absolute Gasteiger partial charge is 0.250 e. The van der Waals surface area contributed by atoms with E-state index in [1.54, 1.807) is 13.2 Å². The summed E-state index contributed by atoms with van der Waals surface area (Å²) >= 11 is 0. The van der Waals surface area contributed by atoms with Crippen LogP contribution in [0.3, 0.4) is 0 Å². The van der Waals surface area contributed by atoms with Gasteiger partial charge in [-0.05, 0) is 32.3 Å². The number of rotatable bonds is 2. The quantitative estimate of drug-likeness (QED) is 0.879. The SMILES string of the molecule is Cc1cc(=O)n(C)cc1NC(=O)[C@H]1CCCO[C@@H]1C. The van der Waals surface area contributed by atoms with E-state index in [0.717, 1.165) is 25.0 Å². The highest BCUT2D eigenvalue weighted by molar-refractivity contribution is 5.93. The molecular weight excluding hydrogens is 244 g/mol. The van der Waals surface area contributed by atoms with Crippen LogP contribution in [0.15, 0.2) is 17.1 Å². The van der Waals surface area contributed by atoms with E-state index in [1.165, 1.54) is 10.6 Å². The second kappa shape index (κ2) is 5.57. The lowest BCUT2D eigenvalue weighted by Crippen LogP contribution is -2.36. The average Bonchev–Trinajstić information content (AvgIpc) is 2.36. The summed E-state index contributed by atoms with van der Waals surface area (Å²) in [6.45, 7) is 4.47. The van der Waals surface area contributed by atoms with Gasteiger partial charge in [-0.15, -0.1) is 0 Å². The van der Waals surface area contributed by atoms with Crippen LogP contribution in [0.4, 0.5) is 5.69 Å². The molecule has 5 heteroatoms. The molecule has 0 aromatic carbocycles. The molecule has 1 aliphatic heterocycles. The molecule has 2 atom stereocenters. The lowest BCUT2D eigenvalue weighted by Gasteiger charge is -2.28. The number of aryl methyl sites for hydroxylation is 2. The highest BCUT2D eigenvalue weighted by Crippen LogP contribution is 2.22. The Morgan fingerprint density at radius 2 is 2.26 bits per heavy atom. The predicted octanol–water partition coefficient (Wildman–Crippen LogP) is 1.45. The number of nitrogens with one attached hydrogen (secondary N) is 1. The molecule has 1 N–H and O–H groups in total. The summed E-state index contributed by atoms with van der Waals surface area (Å²) in [6.07, 6.45) is 3.36. The van der Waals surface area contributed by atoms with Crippen molar-refractivity contribution in [2.24, 2.45) is 13.0 Å². The lowest BCUT2D eigenvalue weighted by molar-refractivity contribution is -0.127. The van der Waals surface area contributed by atoms with E-state index in [9.17, 15) is 9.59 Å². The maximum absolute atomic E-state index is 12.2. The molecule has 1 aromatic rings. The number of carbonyl (C=O) groups excluding carboxylic acids is 1. The second-order valence-corrected chi connectivity index (χ2v) is 5.13. The molecule has 5 nitrogen and oxygen atoms in total. The molecule has 1 saturated heterocycles. The van der Waals surface area contributed by atoms with Crippen molar-refractivity contribution < 1.29 is 9.53 Å². The van der Waals surface area contributed by atoms with E-state index in [2.05, 4.69) is 5.32 Å². The van der Waals surface area contributed by atoms with E-state index in [4.69, 9.17) is 4.74 Å². The fourth-order valence-corrected chi connectivity index (χ4v) is 2.35. The van der Waals surface area contributed by atoms with Crippen LogP contribution >= 0.6 is 0 Å². The number of aromatic nitrogens is 1. The Balaban J connectivity index is 2.14. The van der Waals surface area contributed by atoms with Crippen molar-refractivity contribution in [3.8, 4) is 0 Å². The Kier molecular flexibility index (Phi) is 4.04. The first-order valence-electron chi connectivity index (χ1n) is 6.59. The van der Waals surface area contributed by atoms with E-state index >= 15 is 0 Å². The highest BCUT2D eigenvalue weighted by atomic mass is 16.5. The van der Waals surface area contributed by atoms with Gasteiger partial charge in [0.05, 0.1) is 17.7 Å². The Bertz CT molecular complexity index is 536. The molecule has 19 heavy (non-hydrogen) atoms. The molecule has 1 fully saturated rings. The van der Waals surface area contributed by atoms with Crippen molar-refractivity contribution in [2.75, 3.05) is 11.9 Å². The molecule has 0 saturated carbocycles. The maximum Gasteiger partial charge on any atom is 0.250 e. The van der Waals surface area contributed by atoms with Gasteiger partial charge in [0, 0.05) is 25.9 Å². The topological polar surface area (TPSA) is 60.3 Å². The number of amides is 1. The molecule has 0 bridgehead atoms. The van der Waals surface area contributed by atoms with Crippen molar-refractivity contribution in [3.63, 3.8) is 0 Å². The Labute approximate surface area is 112 Å². The van der Waals surface area contributed by atoms with E-state index in [0.29, 0.717) is 5.69 Å². The summed E-state index contributed by atoms with van der Waals surface area (Å²) in [5, 5.41) is 2.90. The fourth-order valence-electron chi connectivity index (χ4n) is 2.35. The Morgan fingerprint density at radius 1 is 1.53 bits per heavy atom. The van der Waals surface area contributed by atoms with Crippen LogP contribution in [0.1, 0.15) is 25.3 Å². The number of hydrogen-bond donors (Lipinski definition) is 1. The van der Waals surface area contributed by atoms with Crippen molar-refractivity contribution in [3.05, 3.63) is 28.2 Å². The van der Waals surface area contributed by atoms with Gasteiger partial charge < -0.3 is 14.6 Å². The monoisotopic (exact) mass is 264 g/mol. The largest absolute Gasteiger partial charge is 0.378 e. The van der Waals surface area contributed by atoms with Crippen molar-refractivity contribution in [2.45, 2.75) is 32.8 Å². The van der Waals surface area contributed by atoms with Gasteiger partial charge in [-0.2, -0.15) is 0 Å². The first-order valence-corrected chi connectivity index (χ1v) is 6.59. The van der Waals surface area contributed by atoms with Gasteiger partial charge >= 0.3 is 0 Å². The zero-order chi connectivity index (χ0) is 14.0. The number of carbonyl (C=O) groups is 1. The zero-order valence-electron chi connectivity index (χ0n) is 11.6. The molecule has 104 valence electrons. The molecule has 1 aliphatic rings. The summed E-state index contributed by atoms with van der Waals surface area (Å²) < 4.78 is 6.97. The minimum atomic E-state index is -0.120. The molecule has 2 rings (SSSR count). The van der Waals surface area contributed by atoms with Gasteiger partial charge in [-0.3, -0.25) is 9.59 Å². The zero-order valence-corrected chi connectivity index (χ0v) is 11.6. The summed E-state index contributed by atoms with van der Waals surface area (Å²) in [5.41, 5.74) is 1.38. The first-order chi connectivity index (χ1) is 8.99. The van der Waals surface area contributed by atoms with Crippen molar-refractivity contribution in [1.82, 2.24) is 4.57 Å². The van der Waals surface area contributed by atoms with Crippen LogP contribution in [0.5, 0.6) is 0 Å². The number of pyridine rings is 1. The number of ether oxygens (including phenoxy) is 1. The maximum atomic E-state index is 12.2. The van der Waals surface area contributed by atoms with Gasteiger partial charge in [-0.1, -0.05) is 0 Å². The molecule has 0 aliphatic carbocycles. The van der Waals surface area contributed by atoms with Gasteiger partial charge in [0.15, 0.2) is 0 Å². The Hall–Kier alpha value is -1.62. The van der Waals surface area contributed by atoms with E-state index in [1.807, 2.05) is 13.8 Å². The predicted molar refractivity (Wildman–Crippen MR) is 73.2 cm³/mol. The third kappa shape index (κ3) is 3.04. The minimum absolute atomic E-state index is 0.0334. The summed E-state index contributed by atoms with van der Waals surface area (Å²) in [5.74, 6) is -0.153. The van der Waals surface area contributed by atoms with Crippen LogP contribution in [0.25, 0.3) is 0 Å². The van der Waals surface area contributed by atoms with E-state index in [-0.39, 0.29) is 23.5 Å². The van der Waals surface area contributed by atoms with Crippen LogP contribution in [0, 0.1) is 12.8 Å². The van der Waals surface area contributed by atoms with Crippen LogP contribution < -0.4 is 10.9 Å². The van der Waals surface area contributed by atoms with Gasteiger partial charge in [-0.25, -0.2) is 0 Å². The normalized spacial score (nSPS) is 23.1. The lowest BCUT2D eigenvalue weighted by atomic mass is 9.94. The molecule has 1 aromatic heterocycles. The Morgan fingerprint density at radius 3 is 2.95 bits per heavy atom. The third-order valence-corrected chi connectivity index (χ3v) is 3.64. The fraction of sp³-hybridized carbons (Fsp3) is 0.571. The average molecular weight is 264 g/mol. The number of anilines is 1. The number of hydrogen-bond acceptors (Lipinski definition) is 3. The third-order valence-electron chi connectivity index (χ3n) is 3.64. The molecule has 1 amide bonds. The van der Waals surface area contributed by atoms with Crippen molar-refractivity contribution in [1.29, 1.82) is 0 Å². The molecule has 0 unspecified atom stereocenters. The van der Waals surface area contributed by atoms with Crippen LogP contribution in [0.2, 0.25) is 0 Å². The molecular formula is C14H20N2O3. The highest BCUT2D eigenvalue weighted by Gasteiger charge is 2.28. The molecule has 2 heterocycles. The first kappa shape index (κ1) is 13.8. The molecule has 0 spiro atoms. The standard InChI is InChI=1S/C14H20N2O3/c1-9-7-13(17)16(3)8-12(9)15-14(18)11-5-4-6-19-10(11)2/h7-8,10-11H,4-6H2,1-3H3,(H,15,18)/t10-,11+/m1/s1. The minimum Gasteiger partial charge on any atom is -0.378 e. The van der Waals surface area contributed by atoms with Gasteiger partial charge in [0.1, 0.15) is 0 Å². The summed E-state index contributed by atoms with van der Waals surface area (Å²) in [7, 11) is 1.67. The van der Waals surface area contributed by atoms with Crippen LogP contribution in [-0.4, -0.2) is 23.2 Å². The second-order valence-electron chi connectivity index (χ2n) is 5.13. The molecule has 0 radical (unpaired) electrons. The van der Waals surface area contributed by atoms with Gasteiger partial charge in [0.25, 0.3) is 5.56 Å². The van der Waals surface area contributed by atoms with Crippen LogP contribution in [-0.2, 0) is 16.6 Å². The van der Waals surface area contributed by atoms with Gasteiger partial charge in [0.2, 0.25) is 5.91 Å². The summed E-state index contributed by atoms with van der Waals surface area (Å²) in [6, 6.07) is 1.52.